The molecule has 0 aliphatic carbocycles. The highest BCUT2D eigenvalue weighted by molar-refractivity contribution is 7.47. The van der Waals surface area contributed by atoms with Crippen LogP contribution in [-0.4, -0.2) is 73.4 Å². The number of amides is 1. The van der Waals surface area contributed by atoms with Crippen LogP contribution >= 0.6 is 7.82 Å². The molecule has 1 amide bonds. The number of hydrogen-bond donors (Lipinski definition) is 3. The van der Waals surface area contributed by atoms with Crippen molar-refractivity contribution in [2.24, 2.45) is 0 Å². The Kier molecular flexibility index (Phi) is 48.4. The Balaban J connectivity index is 4.25. The van der Waals surface area contributed by atoms with E-state index in [2.05, 4.69) is 79.9 Å². The van der Waals surface area contributed by atoms with E-state index in [1.807, 2.05) is 27.2 Å². The Morgan fingerprint density at radius 1 is 0.515 bits per heavy atom. The standard InChI is InChI=1S/C59H109N2O6P/c1-6-8-10-12-14-16-18-20-22-24-25-26-27-28-29-30-31-32-33-34-35-37-38-40-42-44-46-48-50-52-58(62)57(56-67-68(64,65)66-55-54-61(3,4)5)60-59(63)53-51-49-47-45-43-41-39-36-23-21-19-17-15-13-11-9-7-2/h9,11,15,17,21,23,39,41-42,44,50,52,57-58,62H,6-8,10,12-14,16,18-20,22,24-38,40,43,45-49,51,53-56H2,1-5H3,(H-,60,63,64,65)/p+1/b11-9-,17-15-,23-21-,41-39-,44-42+,52-50+. The molecule has 0 rings (SSSR count). The van der Waals surface area contributed by atoms with Crippen molar-refractivity contribution in [2.75, 3.05) is 40.9 Å². The number of aliphatic hydroxyl groups excluding tert-OH is 1. The lowest BCUT2D eigenvalue weighted by atomic mass is 10.0. The Morgan fingerprint density at radius 3 is 1.35 bits per heavy atom. The van der Waals surface area contributed by atoms with Crippen LogP contribution in [0, 0.1) is 0 Å². The van der Waals surface area contributed by atoms with Gasteiger partial charge in [-0.1, -0.05) is 241 Å². The van der Waals surface area contributed by atoms with Crippen LogP contribution in [0.3, 0.4) is 0 Å². The number of nitrogens with zero attached hydrogens (tertiary/aromatic N) is 1. The first-order valence-corrected chi connectivity index (χ1v) is 29.8. The molecule has 0 heterocycles. The second kappa shape index (κ2) is 49.9. The fraction of sp³-hybridized carbons (Fsp3) is 0.780. The van der Waals surface area contributed by atoms with E-state index in [1.54, 1.807) is 6.08 Å². The Labute approximate surface area is 421 Å². The van der Waals surface area contributed by atoms with Gasteiger partial charge < -0.3 is 19.8 Å². The molecule has 0 aromatic heterocycles. The second-order valence-corrected chi connectivity index (χ2v) is 21.7. The van der Waals surface area contributed by atoms with E-state index in [0.717, 1.165) is 77.0 Å². The van der Waals surface area contributed by atoms with Gasteiger partial charge in [-0.2, -0.15) is 0 Å². The van der Waals surface area contributed by atoms with Crippen molar-refractivity contribution in [3.05, 3.63) is 72.9 Å². The number of likely N-dealkylation sites (N-methyl/N-ethyl adjacent to an activating group) is 1. The number of carbonyl (C=O) groups excluding carboxylic acids is 1. The number of aliphatic hydroxyl groups is 1. The molecule has 3 unspecified atom stereocenters. The van der Waals surface area contributed by atoms with Gasteiger partial charge in [0.05, 0.1) is 39.9 Å². The summed E-state index contributed by atoms with van der Waals surface area (Å²) >= 11 is 0. The van der Waals surface area contributed by atoms with Crippen LogP contribution in [-0.2, 0) is 18.4 Å². The molecule has 3 N–H and O–H groups in total. The van der Waals surface area contributed by atoms with Crippen molar-refractivity contribution in [3.8, 4) is 0 Å². The van der Waals surface area contributed by atoms with Crippen molar-refractivity contribution < 1.29 is 32.9 Å². The molecule has 0 radical (unpaired) electrons. The summed E-state index contributed by atoms with van der Waals surface area (Å²) in [5.74, 6) is -0.211. The maximum absolute atomic E-state index is 12.9. The van der Waals surface area contributed by atoms with Gasteiger partial charge in [-0.05, 0) is 70.6 Å². The molecule has 0 aliphatic heterocycles. The van der Waals surface area contributed by atoms with E-state index in [-0.39, 0.29) is 19.1 Å². The minimum Gasteiger partial charge on any atom is -0.387 e. The van der Waals surface area contributed by atoms with Crippen LogP contribution in [0.2, 0.25) is 0 Å². The van der Waals surface area contributed by atoms with Gasteiger partial charge in [-0.3, -0.25) is 13.8 Å². The van der Waals surface area contributed by atoms with Gasteiger partial charge in [0, 0.05) is 6.42 Å². The van der Waals surface area contributed by atoms with Gasteiger partial charge in [0.1, 0.15) is 13.2 Å². The molecule has 0 aromatic rings. The highest BCUT2D eigenvalue weighted by Gasteiger charge is 2.27. The molecular weight excluding hydrogens is 864 g/mol. The summed E-state index contributed by atoms with van der Waals surface area (Å²) < 4.78 is 23.6. The molecule has 0 aromatic carbocycles. The zero-order valence-electron chi connectivity index (χ0n) is 45.1. The largest absolute Gasteiger partial charge is 0.472 e. The summed E-state index contributed by atoms with van der Waals surface area (Å²) in [4.78, 5) is 23.2. The minimum absolute atomic E-state index is 0.0478. The minimum atomic E-state index is -4.36. The second-order valence-electron chi connectivity index (χ2n) is 20.3. The SMILES string of the molecule is CC/C=C\C/C=C\C/C=C\C/C=C\CCCCCCC(=O)NC(COP(=O)(O)OCC[N+](C)(C)C)C(O)/C=C/CC/C=C/CCCCCCCCCCCCCCCCCCCCCCCCC. The normalized spacial score (nSPS) is 14.5. The molecule has 0 saturated heterocycles. The maximum atomic E-state index is 12.9. The van der Waals surface area contributed by atoms with Crippen molar-refractivity contribution >= 4 is 13.7 Å². The van der Waals surface area contributed by atoms with Crippen LogP contribution < -0.4 is 5.32 Å². The number of allylic oxidation sites excluding steroid dienone is 11. The number of phosphoric acid groups is 1. The average Bonchev–Trinajstić information content (AvgIpc) is 3.30. The van der Waals surface area contributed by atoms with Gasteiger partial charge in [0.15, 0.2) is 0 Å². The van der Waals surface area contributed by atoms with E-state index < -0.39 is 20.0 Å². The summed E-state index contributed by atoms with van der Waals surface area (Å²) in [5, 5.41) is 13.9. The van der Waals surface area contributed by atoms with Crippen molar-refractivity contribution in [1.82, 2.24) is 5.32 Å². The summed E-state index contributed by atoms with van der Waals surface area (Å²) in [6.07, 6.45) is 68.8. The summed E-state index contributed by atoms with van der Waals surface area (Å²) in [7, 11) is 1.53. The molecule has 0 fully saturated rings. The third-order valence-corrected chi connectivity index (χ3v) is 13.4. The van der Waals surface area contributed by atoms with Gasteiger partial charge >= 0.3 is 7.82 Å². The highest BCUT2D eigenvalue weighted by Crippen LogP contribution is 2.43. The predicted octanol–water partition coefficient (Wildman–Crippen LogP) is 17.1. The number of nitrogens with one attached hydrogen (secondary N) is 1. The Bertz CT molecular complexity index is 1330. The zero-order chi connectivity index (χ0) is 49.9. The molecule has 3 atom stereocenters. The third kappa shape index (κ3) is 51.8. The smallest absolute Gasteiger partial charge is 0.387 e. The molecule has 0 spiro atoms. The summed E-state index contributed by atoms with van der Waals surface area (Å²) in [5.41, 5.74) is 0. The fourth-order valence-corrected chi connectivity index (χ4v) is 8.73. The number of rotatable bonds is 51. The summed E-state index contributed by atoms with van der Waals surface area (Å²) in [6.45, 7) is 4.67. The average molecular weight is 975 g/mol. The van der Waals surface area contributed by atoms with E-state index in [9.17, 15) is 19.4 Å². The number of phosphoric ester groups is 1. The molecular formula is C59H110N2O6P+. The van der Waals surface area contributed by atoms with Crippen LogP contribution in [0.25, 0.3) is 0 Å². The van der Waals surface area contributed by atoms with E-state index >= 15 is 0 Å². The Morgan fingerprint density at radius 2 is 0.897 bits per heavy atom. The van der Waals surface area contributed by atoms with Crippen LogP contribution in [0.1, 0.15) is 245 Å². The van der Waals surface area contributed by atoms with Crippen LogP contribution in [0.5, 0.6) is 0 Å². The third-order valence-electron chi connectivity index (χ3n) is 12.4. The first-order chi connectivity index (χ1) is 33.0. The van der Waals surface area contributed by atoms with Crippen molar-refractivity contribution in [1.29, 1.82) is 0 Å². The monoisotopic (exact) mass is 974 g/mol. The molecule has 0 aliphatic rings. The summed E-state index contributed by atoms with van der Waals surface area (Å²) in [6, 6.07) is -0.881. The van der Waals surface area contributed by atoms with Crippen LogP contribution in [0.4, 0.5) is 0 Å². The first-order valence-electron chi connectivity index (χ1n) is 28.3. The molecule has 9 heteroatoms. The zero-order valence-corrected chi connectivity index (χ0v) is 46.0. The van der Waals surface area contributed by atoms with Gasteiger partial charge in [-0.25, -0.2) is 4.57 Å². The van der Waals surface area contributed by atoms with Crippen molar-refractivity contribution in [2.45, 2.75) is 257 Å². The quantitative estimate of drug-likeness (QED) is 0.0243. The lowest BCUT2D eigenvalue weighted by Crippen LogP contribution is -2.45. The molecule has 396 valence electrons. The predicted molar refractivity (Wildman–Crippen MR) is 295 cm³/mol. The lowest BCUT2D eigenvalue weighted by molar-refractivity contribution is -0.870. The molecule has 8 nitrogen and oxygen atoms in total. The van der Waals surface area contributed by atoms with Gasteiger partial charge in [0.25, 0.3) is 0 Å². The highest BCUT2D eigenvalue weighted by atomic mass is 31.2. The van der Waals surface area contributed by atoms with Crippen molar-refractivity contribution in [3.63, 3.8) is 0 Å². The number of carbonyl (C=O) groups is 1. The number of hydrogen-bond acceptors (Lipinski definition) is 5. The number of quaternary nitrogens is 1. The first kappa shape index (κ1) is 65.9. The lowest BCUT2D eigenvalue weighted by Gasteiger charge is -2.25. The van der Waals surface area contributed by atoms with Crippen LogP contribution in [0.15, 0.2) is 72.9 Å². The molecule has 0 saturated carbocycles. The van der Waals surface area contributed by atoms with E-state index in [1.165, 1.54) is 148 Å². The molecule has 0 bridgehead atoms. The maximum Gasteiger partial charge on any atom is 0.472 e. The fourth-order valence-electron chi connectivity index (χ4n) is 7.99. The van der Waals surface area contributed by atoms with E-state index in [4.69, 9.17) is 9.05 Å². The molecule has 68 heavy (non-hydrogen) atoms. The van der Waals surface area contributed by atoms with Gasteiger partial charge in [0.2, 0.25) is 5.91 Å². The topological polar surface area (TPSA) is 105 Å². The van der Waals surface area contributed by atoms with Gasteiger partial charge in [-0.15, -0.1) is 0 Å². The Hall–Kier alpha value is -2.06. The number of unbranched alkanes of at least 4 members (excludes halogenated alkanes) is 28. The van der Waals surface area contributed by atoms with E-state index in [0.29, 0.717) is 17.4 Å².